The summed E-state index contributed by atoms with van der Waals surface area (Å²) in [6.07, 6.45) is -1.65. The van der Waals surface area contributed by atoms with E-state index in [-0.39, 0.29) is 24.0 Å². The average Bonchev–Trinajstić information content (AvgIpc) is 3.25. The van der Waals surface area contributed by atoms with E-state index >= 15 is 0 Å². The van der Waals surface area contributed by atoms with Gasteiger partial charge in [0, 0.05) is 51.6 Å². The van der Waals surface area contributed by atoms with Crippen LogP contribution in [0.3, 0.4) is 0 Å². The molecule has 0 radical (unpaired) electrons. The molecule has 0 amide bonds. The van der Waals surface area contributed by atoms with Crippen molar-refractivity contribution in [3.05, 3.63) is 16.1 Å². The van der Waals surface area contributed by atoms with E-state index in [1.54, 1.807) is 14.2 Å². The maximum absolute atomic E-state index is 12.6. The van der Waals surface area contributed by atoms with Crippen molar-refractivity contribution >= 4 is 41.3 Å². The molecular formula is C16H27F3IN5OS. The normalized spacial score (nSPS) is 18.4. The number of aromatic nitrogens is 1. The predicted octanol–water partition coefficient (Wildman–Crippen LogP) is 2.60. The van der Waals surface area contributed by atoms with Gasteiger partial charge in [-0.3, -0.25) is 9.89 Å². The summed E-state index contributed by atoms with van der Waals surface area (Å²) in [6, 6.07) is 0.442. The van der Waals surface area contributed by atoms with Crippen molar-refractivity contribution in [3.63, 3.8) is 0 Å². The van der Waals surface area contributed by atoms with Crippen LogP contribution in [0, 0.1) is 0 Å². The number of hydrogen-bond acceptors (Lipinski definition) is 5. The van der Waals surface area contributed by atoms with Gasteiger partial charge in [0.15, 0.2) is 11.7 Å². The lowest BCUT2D eigenvalue weighted by atomic mass is 10.2. The number of nitrogens with zero attached hydrogens (tertiary/aromatic N) is 3. The molecule has 0 bridgehead atoms. The highest BCUT2D eigenvalue weighted by Gasteiger charge is 2.33. The van der Waals surface area contributed by atoms with Crippen molar-refractivity contribution in [2.45, 2.75) is 31.5 Å². The topological polar surface area (TPSA) is 61.8 Å². The van der Waals surface area contributed by atoms with E-state index in [0.717, 1.165) is 49.4 Å². The van der Waals surface area contributed by atoms with Crippen LogP contribution in [0.25, 0.3) is 0 Å². The van der Waals surface area contributed by atoms with E-state index < -0.39 is 11.9 Å². The first-order chi connectivity index (χ1) is 12.4. The minimum absolute atomic E-state index is 0. The summed E-state index contributed by atoms with van der Waals surface area (Å²) in [4.78, 5) is 10.2. The van der Waals surface area contributed by atoms with Crippen LogP contribution >= 0.6 is 35.3 Å². The molecule has 1 aromatic heterocycles. The summed E-state index contributed by atoms with van der Waals surface area (Å²) >= 11 is 1.03. The number of nitrogens with one attached hydrogen (secondary N) is 2. The van der Waals surface area contributed by atoms with Crippen LogP contribution in [0.4, 0.5) is 13.2 Å². The van der Waals surface area contributed by atoms with Gasteiger partial charge in [-0.05, 0) is 19.4 Å². The number of ether oxygens (including phenoxy) is 1. The Bertz CT molecular complexity index is 585. The fourth-order valence-corrected chi connectivity index (χ4v) is 3.71. The quantitative estimate of drug-likeness (QED) is 0.313. The Kier molecular flexibility index (Phi) is 10.9. The molecule has 1 fully saturated rings. The van der Waals surface area contributed by atoms with E-state index in [1.165, 1.54) is 6.42 Å². The van der Waals surface area contributed by atoms with Gasteiger partial charge >= 0.3 is 6.18 Å². The molecular weight excluding hydrogens is 494 g/mol. The molecule has 1 aliphatic rings. The van der Waals surface area contributed by atoms with Crippen molar-refractivity contribution in [1.82, 2.24) is 20.5 Å². The van der Waals surface area contributed by atoms with E-state index in [9.17, 15) is 13.2 Å². The van der Waals surface area contributed by atoms with Gasteiger partial charge in [0.1, 0.15) is 0 Å². The number of rotatable bonds is 8. The number of thiazole rings is 1. The van der Waals surface area contributed by atoms with Gasteiger partial charge in [0.2, 0.25) is 0 Å². The molecule has 27 heavy (non-hydrogen) atoms. The second-order valence-electron chi connectivity index (χ2n) is 6.08. The highest BCUT2D eigenvalue weighted by molar-refractivity contribution is 14.0. The van der Waals surface area contributed by atoms with Crippen molar-refractivity contribution in [2.24, 2.45) is 4.99 Å². The molecule has 1 aromatic rings. The molecule has 0 aromatic carbocycles. The summed E-state index contributed by atoms with van der Waals surface area (Å²) in [7, 11) is 3.38. The lowest BCUT2D eigenvalue weighted by Crippen LogP contribution is -2.45. The minimum atomic E-state index is -4.38. The number of likely N-dealkylation sites (tertiary alicyclic amines) is 1. The SMILES string of the molecule is CN=C(NCCc1nc(C(F)(F)F)cs1)NCC1CCCN1CCOC.I. The second kappa shape index (κ2) is 12.0. The lowest BCUT2D eigenvalue weighted by molar-refractivity contribution is -0.140. The third kappa shape index (κ3) is 8.08. The first kappa shape index (κ1) is 24.4. The Hall–Kier alpha value is -0.660. The monoisotopic (exact) mass is 521 g/mol. The van der Waals surface area contributed by atoms with Gasteiger partial charge in [0.25, 0.3) is 0 Å². The fraction of sp³-hybridized carbons (Fsp3) is 0.750. The maximum Gasteiger partial charge on any atom is 0.434 e. The number of hydrogen-bond donors (Lipinski definition) is 2. The Morgan fingerprint density at radius 1 is 1.44 bits per heavy atom. The van der Waals surface area contributed by atoms with Gasteiger partial charge in [-0.25, -0.2) is 4.98 Å². The highest BCUT2D eigenvalue weighted by atomic mass is 127. The molecule has 1 atom stereocenters. The standard InChI is InChI=1S/C16H26F3N5OS.HI/c1-20-15(22-10-12-4-3-7-24(12)8-9-25-2)21-6-5-14-23-13(11-26-14)16(17,18)19;/h11-12H,3-10H2,1-2H3,(H2,20,21,22);1H. The first-order valence-electron chi connectivity index (χ1n) is 8.63. The van der Waals surface area contributed by atoms with Crippen LogP contribution < -0.4 is 10.6 Å². The molecule has 11 heteroatoms. The summed E-state index contributed by atoms with van der Waals surface area (Å²) in [5, 5.41) is 7.93. The van der Waals surface area contributed by atoms with Crippen LogP contribution in [0.1, 0.15) is 23.5 Å². The largest absolute Gasteiger partial charge is 0.434 e. The highest BCUT2D eigenvalue weighted by Crippen LogP contribution is 2.30. The second-order valence-corrected chi connectivity index (χ2v) is 7.02. The van der Waals surface area contributed by atoms with Gasteiger partial charge < -0.3 is 15.4 Å². The molecule has 2 rings (SSSR count). The van der Waals surface area contributed by atoms with Crippen LogP contribution in [-0.2, 0) is 17.3 Å². The molecule has 156 valence electrons. The molecule has 6 nitrogen and oxygen atoms in total. The summed E-state index contributed by atoms with van der Waals surface area (Å²) in [6.45, 7) is 3.96. The molecule has 2 N–H and O–H groups in total. The minimum Gasteiger partial charge on any atom is -0.383 e. The zero-order valence-electron chi connectivity index (χ0n) is 15.5. The fourth-order valence-electron chi connectivity index (χ4n) is 2.91. The van der Waals surface area contributed by atoms with Crippen molar-refractivity contribution in [2.75, 3.05) is 46.9 Å². The van der Waals surface area contributed by atoms with Gasteiger partial charge in [0.05, 0.1) is 11.6 Å². The van der Waals surface area contributed by atoms with Crippen molar-refractivity contribution in [1.29, 1.82) is 0 Å². The summed E-state index contributed by atoms with van der Waals surface area (Å²) in [5.74, 6) is 0.649. The lowest BCUT2D eigenvalue weighted by Gasteiger charge is -2.25. The summed E-state index contributed by atoms with van der Waals surface area (Å²) < 4.78 is 42.8. The van der Waals surface area contributed by atoms with Crippen LogP contribution in [0.5, 0.6) is 0 Å². The van der Waals surface area contributed by atoms with Crippen LogP contribution in [0.2, 0.25) is 0 Å². The van der Waals surface area contributed by atoms with Crippen LogP contribution in [0.15, 0.2) is 10.4 Å². The molecule has 2 heterocycles. The molecule has 0 saturated carbocycles. The van der Waals surface area contributed by atoms with E-state index in [1.807, 2.05) is 0 Å². The average molecular weight is 521 g/mol. The van der Waals surface area contributed by atoms with Gasteiger partial charge in [-0.15, -0.1) is 35.3 Å². The zero-order chi connectivity index (χ0) is 19.0. The number of halogens is 4. The summed E-state index contributed by atoms with van der Waals surface area (Å²) in [5.41, 5.74) is -0.822. The Morgan fingerprint density at radius 3 is 2.85 bits per heavy atom. The molecule has 1 saturated heterocycles. The van der Waals surface area contributed by atoms with Gasteiger partial charge in [-0.1, -0.05) is 0 Å². The Labute approximate surface area is 179 Å². The van der Waals surface area contributed by atoms with E-state index in [4.69, 9.17) is 4.74 Å². The van der Waals surface area contributed by atoms with Gasteiger partial charge in [-0.2, -0.15) is 13.2 Å². The Balaban J connectivity index is 0.00000364. The zero-order valence-corrected chi connectivity index (χ0v) is 18.7. The van der Waals surface area contributed by atoms with Crippen molar-refractivity contribution < 1.29 is 17.9 Å². The Morgan fingerprint density at radius 2 is 2.22 bits per heavy atom. The maximum atomic E-state index is 12.6. The van der Waals surface area contributed by atoms with E-state index in [2.05, 4.69) is 25.5 Å². The van der Waals surface area contributed by atoms with Crippen LogP contribution in [-0.4, -0.2) is 68.8 Å². The predicted molar refractivity (Wildman–Crippen MR) is 112 cm³/mol. The van der Waals surface area contributed by atoms with Crippen molar-refractivity contribution in [3.8, 4) is 0 Å². The molecule has 1 aliphatic heterocycles. The smallest absolute Gasteiger partial charge is 0.383 e. The number of alkyl halides is 3. The third-order valence-electron chi connectivity index (χ3n) is 4.28. The number of aliphatic imine (C=N–C) groups is 1. The third-order valence-corrected chi connectivity index (χ3v) is 5.19. The molecule has 0 spiro atoms. The first-order valence-corrected chi connectivity index (χ1v) is 9.51. The number of methoxy groups -OCH3 is 1. The molecule has 0 aliphatic carbocycles. The number of guanidine groups is 1. The van der Waals surface area contributed by atoms with E-state index in [0.29, 0.717) is 30.0 Å². The molecule has 1 unspecified atom stereocenters.